The number of benzene rings is 3. The second kappa shape index (κ2) is 14.0. The van der Waals surface area contributed by atoms with Gasteiger partial charge in [0.25, 0.3) is 0 Å². The molecule has 38 heavy (non-hydrogen) atoms. The zero-order chi connectivity index (χ0) is 27.0. The number of carbonyl (C=O) groups is 1. The Labute approximate surface area is 235 Å². The van der Waals surface area contributed by atoms with Gasteiger partial charge in [0.05, 0.1) is 23.4 Å². The Morgan fingerprint density at radius 1 is 0.868 bits per heavy atom. The zero-order valence-electron chi connectivity index (χ0n) is 22.5. The van der Waals surface area contributed by atoms with E-state index in [-0.39, 0.29) is 34.3 Å². The molecule has 0 aliphatic carbocycles. The van der Waals surface area contributed by atoms with Crippen molar-refractivity contribution in [2.75, 3.05) is 0 Å². The number of hydrogen-bond donors (Lipinski definition) is 1. The number of carboxylic acid groups (broad SMARTS) is 1. The number of carbonyl (C=O) groups excluding carboxylic acids is 1. The first kappa shape index (κ1) is 30.9. The van der Waals surface area contributed by atoms with Crippen LogP contribution in [0, 0.1) is 5.92 Å². The summed E-state index contributed by atoms with van der Waals surface area (Å²) >= 11 is 0. The Kier molecular flexibility index (Phi) is 11.4. The smallest absolute Gasteiger partial charge is 0.860 e. The summed E-state index contributed by atoms with van der Waals surface area (Å²) in [5.41, 5.74) is 2.34. The molecule has 0 aliphatic rings. The maximum absolute atomic E-state index is 13.4. The summed E-state index contributed by atoms with van der Waals surface area (Å²) in [6.07, 6.45) is 0.339. The summed E-state index contributed by atoms with van der Waals surface area (Å²) in [6.45, 7) is 9.51. The number of hydrogen-bond acceptors (Lipinski definition) is 6. The zero-order valence-corrected chi connectivity index (χ0v) is 23.4. The molecular weight excluding hydrogens is 521 g/mol. The number of nitrogens with zero attached hydrogens (tertiary/aromatic N) is 2. The molecule has 0 radical (unpaired) electrons. The van der Waals surface area contributed by atoms with Gasteiger partial charge in [0.15, 0.2) is 0 Å². The number of carboxylic acids is 1. The van der Waals surface area contributed by atoms with Gasteiger partial charge in [0.2, 0.25) is 0 Å². The van der Waals surface area contributed by atoms with E-state index in [0.29, 0.717) is 23.4 Å². The van der Waals surface area contributed by atoms with Gasteiger partial charge in [-0.2, -0.15) is 0 Å². The van der Waals surface area contributed by atoms with Gasteiger partial charge in [-0.1, -0.05) is 92.7 Å². The molecule has 7 heteroatoms. The first-order valence-corrected chi connectivity index (χ1v) is 12.6. The molecule has 0 saturated heterocycles. The minimum Gasteiger partial charge on any atom is -0.860 e. The number of aliphatic carboxylic acids is 1. The number of nitrogens with one attached hydrogen (secondary N) is 1. The summed E-state index contributed by atoms with van der Waals surface area (Å²) in [4.78, 5) is 21.1. The van der Waals surface area contributed by atoms with E-state index in [1.54, 1.807) is 12.1 Å². The number of rotatable bonds is 11. The average Bonchev–Trinajstić information content (AvgIpc) is 2.87. The average molecular weight is 556 g/mol. The van der Waals surface area contributed by atoms with Crippen molar-refractivity contribution in [2.24, 2.45) is 15.9 Å². The molecular formula is C31H35N3NiO3. The van der Waals surface area contributed by atoms with Crippen LogP contribution < -0.4 is 15.5 Å². The Hall–Kier alpha value is -3.28. The van der Waals surface area contributed by atoms with Crippen LogP contribution in [0.1, 0.15) is 63.8 Å². The van der Waals surface area contributed by atoms with Crippen LogP contribution in [0.5, 0.6) is 0 Å². The summed E-state index contributed by atoms with van der Waals surface area (Å²) < 4.78 is 0. The molecule has 0 aromatic heterocycles. The van der Waals surface area contributed by atoms with E-state index < -0.39 is 17.6 Å². The van der Waals surface area contributed by atoms with E-state index in [0.717, 1.165) is 11.1 Å². The minimum atomic E-state index is -1.23. The first-order valence-electron chi connectivity index (χ1n) is 12.6. The number of aliphatic imine (C=N–C) groups is 2. The monoisotopic (exact) mass is 555 g/mol. The third kappa shape index (κ3) is 8.37. The fourth-order valence-corrected chi connectivity index (χ4v) is 4.15. The number of para-hydroxylation sites is 1. The van der Waals surface area contributed by atoms with Crippen molar-refractivity contribution in [2.45, 2.75) is 58.7 Å². The third-order valence-corrected chi connectivity index (χ3v) is 6.09. The summed E-state index contributed by atoms with van der Waals surface area (Å²) in [6, 6.07) is 25.4. The van der Waals surface area contributed by atoms with Gasteiger partial charge >= 0.3 is 16.5 Å². The van der Waals surface area contributed by atoms with E-state index in [9.17, 15) is 15.0 Å². The van der Waals surface area contributed by atoms with Crippen molar-refractivity contribution in [3.8, 4) is 0 Å². The maximum Gasteiger partial charge on any atom is 2.00 e. The van der Waals surface area contributed by atoms with Gasteiger partial charge in [-0.05, 0) is 50.6 Å². The molecule has 6 nitrogen and oxygen atoms in total. The van der Waals surface area contributed by atoms with Crippen molar-refractivity contribution < 1.29 is 31.5 Å². The van der Waals surface area contributed by atoms with Crippen LogP contribution in [-0.4, -0.2) is 29.2 Å². The van der Waals surface area contributed by atoms with Crippen LogP contribution >= 0.6 is 0 Å². The largest absolute Gasteiger partial charge is 2.00 e. The molecule has 0 saturated carbocycles. The molecule has 202 valence electrons. The summed E-state index contributed by atoms with van der Waals surface area (Å²) in [7, 11) is 0. The Bertz CT molecular complexity index is 1240. The molecule has 0 aliphatic heterocycles. The maximum atomic E-state index is 13.4. The van der Waals surface area contributed by atoms with Crippen molar-refractivity contribution in [1.29, 1.82) is 0 Å². The quantitative estimate of drug-likeness (QED) is 0.217. The predicted octanol–water partition coefficient (Wildman–Crippen LogP) is 4.21. The van der Waals surface area contributed by atoms with Crippen LogP contribution in [0.15, 0.2) is 94.9 Å². The fraction of sp³-hybridized carbons (Fsp3) is 0.323. The van der Waals surface area contributed by atoms with E-state index in [4.69, 9.17) is 0 Å². The van der Waals surface area contributed by atoms with E-state index in [2.05, 4.69) is 15.3 Å². The molecule has 0 fully saturated rings. The topological polar surface area (TPSA) is 99.9 Å². The normalized spacial score (nSPS) is 14.1. The fourth-order valence-electron chi connectivity index (χ4n) is 4.15. The standard InChI is InChI=1S/C31H37N3O3.Ni/c1-21(2)20-27(29(35)36)32-28(24-16-10-7-11-17-24)25-18-12-13-19-26(25)33-30(37)31(4,5)34-22(3)23-14-8-6-9-15-23;/h6-19,21-22,27,34H,20H2,1-5H3,(H,33,37)(H,35,36);/q;+2/p-2/t22-,27+;/m0./s1. The third-order valence-electron chi connectivity index (χ3n) is 6.09. The Morgan fingerprint density at radius 2 is 1.42 bits per heavy atom. The van der Waals surface area contributed by atoms with Crippen LogP contribution in [0.3, 0.4) is 0 Å². The SMILES string of the molecule is CC(C)C[C@@H](N=C(c1ccccc1)c1ccccc1N=C([O-])C(C)(C)N[C@@H](C)c1ccccc1)C(=O)[O-].[Ni+2]. The second-order valence-electron chi connectivity index (χ2n) is 10.1. The van der Waals surface area contributed by atoms with Gasteiger partial charge in [-0.3, -0.25) is 9.98 Å². The minimum absolute atomic E-state index is 0. The van der Waals surface area contributed by atoms with E-state index in [1.807, 2.05) is 107 Å². The molecule has 0 bridgehead atoms. The molecule has 3 rings (SSSR count). The van der Waals surface area contributed by atoms with E-state index >= 15 is 0 Å². The van der Waals surface area contributed by atoms with Gasteiger partial charge in [0, 0.05) is 22.7 Å². The molecule has 0 spiro atoms. The van der Waals surface area contributed by atoms with Crippen molar-refractivity contribution >= 4 is 23.3 Å². The second-order valence-corrected chi connectivity index (χ2v) is 10.1. The molecule has 0 amide bonds. The predicted molar refractivity (Wildman–Crippen MR) is 146 cm³/mol. The van der Waals surface area contributed by atoms with Crippen LogP contribution in [-0.2, 0) is 21.3 Å². The molecule has 3 aromatic carbocycles. The van der Waals surface area contributed by atoms with Crippen LogP contribution in [0.2, 0.25) is 0 Å². The summed E-state index contributed by atoms with van der Waals surface area (Å²) in [5.74, 6) is -1.45. The van der Waals surface area contributed by atoms with Gasteiger partial charge in [0.1, 0.15) is 0 Å². The molecule has 2 atom stereocenters. The Balaban J connectivity index is 0.00000507. The van der Waals surface area contributed by atoms with Crippen molar-refractivity contribution in [3.63, 3.8) is 0 Å². The Morgan fingerprint density at radius 3 is 2.00 bits per heavy atom. The molecule has 0 unspecified atom stereocenters. The van der Waals surface area contributed by atoms with Crippen molar-refractivity contribution in [1.82, 2.24) is 5.32 Å². The molecule has 1 N–H and O–H groups in total. The first-order chi connectivity index (χ1) is 17.6. The van der Waals surface area contributed by atoms with Crippen LogP contribution in [0.4, 0.5) is 5.69 Å². The van der Waals surface area contributed by atoms with Gasteiger partial charge < -0.3 is 20.3 Å². The molecule has 0 heterocycles. The van der Waals surface area contributed by atoms with Crippen LogP contribution in [0.25, 0.3) is 0 Å². The van der Waals surface area contributed by atoms with Gasteiger partial charge in [-0.25, -0.2) is 0 Å². The summed E-state index contributed by atoms with van der Waals surface area (Å²) in [5, 5.41) is 28.7. The van der Waals surface area contributed by atoms with E-state index in [1.165, 1.54) is 0 Å². The van der Waals surface area contributed by atoms with Gasteiger partial charge in [-0.15, -0.1) is 0 Å². The molecule has 3 aromatic rings. The van der Waals surface area contributed by atoms with Crippen molar-refractivity contribution in [3.05, 3.63) is 102 Å².